The van der Waals surface area contributed by atoms with Crippen LogP contribution in [0, 0.1) is 5.92 Å². The molecule has 0 saturated carbocycles. The number of rotatable bonds is 18. The highest BCUT2D eigenvalue weighted by Crippen LogP contribution is 2.19. The van der Waals surface area contributed by atoms with Gasteiger partial charge in [0.1, 0.15) is 6.61 Å². The van der Waals surface area contributed by atoms with Crippen molar-refractivity contribution in [1.29, 1.82) is 0 Å². The van der Waals surface area contributed by atoms with E-state index in [2.05, 4.69) is 20.4 Å². The monoisotopic (exact) mass is 340 g/mol. The van der Waals surface area contributed by atoms with Gasteiger partial charge in [-0.15, -0.1) is 0 Å². The van der Waals surface area contributed by atoms with Crippen LogP contribution < -0.4 is 0 Å². The van der Waals surface area contributed by atoms with Crippen LogP contribution in [-0.4, -0.2) is 25.8 Å². The van der Waals surface area contributed by atoms with Crippen LogP contribution in [0.2, 0.25) is 0 Å². The third kappa shape index (κ3) is 16.0. The zero-order chi connectivity index (χ0) is 17.9. The second kappa shape index (κ2) is 18.5. The SMILES string of the molecule is C=CC(=O)OCCOCC(CCCCCC)CCCCCCCC. The van der Waals surface area contributed by atoms with E-state index in [1.165, 1.54) is 83.1 Å². The van der Waals surface area contributed by atoms with Crippen LogP contribution >= 0.6 is 0 Å². The second-order valence-corrected chi connectivity index (χ2v) is 6.72. The fraction of sp³-hybridized carbons (Fsp3) is 0.857. The van der Waals surface area contributed by atoms with Crippen LogP contribution in [0.5, 0.6) is 0 Å². The lowest BCUT2D eigenvalue weighted by atomic mass is 9.95. The van der Waals surface area contributed by atoms with E-state index in [4.69, 9.17) is 9.47 Å². The molecule has 3 nitrogen and oxygen atoms in total. The van der Waals surface area contributed by atoms with Gasteiger partial charge in [0.15, 0.2) is 0 Å². The lowest BCUT2D eigenvalue weighted by Crippen LogP contribution is -2.14. The van der Waals surface area contributed by atoms with Crippen LogP contribution in [0.25, 0.3) is 0 Å². The molecule has 1 unspecified atom stereocenters. The average Bonchev–Trinajstić information content (AvgIpc) is 2.60. The molecule has 0 N–H and O–H groups in total. The van der Waals surface area contributed by atoms with Crippen molar-refractivity contribution in [2.45, 2.75) is 90.9 Å². The van der Waals surface area contributed by atoms with E-state index in [0.29, 0.717) is 19.1 Å². The smallest absolute Gasteiger partial charge is 0.330 e. The first-order valence-electron chi connectivity index (χ1n) is 10.1. The quantitative estimate of drug-likeness (QED) is 0.173. The van der Waals surface area contributed by atoms with Crippen molar-refractivity contribution in [1.82, 2.24) is 0 Å². The van der Waals surface area contributed by atoms with E-state index >= 15 is 0 Å². The lowest BCUT2D eigenvalue weighted by Gasteiger charge is -2.17. The highest BCUT2D eigenvalue weighted by atomic mass is 16.6. The molecule has 0 amide bonds. The van der Waals surface area contributed by atoms with Crippen molar-refractivity contribution >= 4 is 5.97 Å². The Morgan fingerprint density at radius 1 is 0.875 bits per heavy atom. The molecule has 0 aromatic heterocycles. The number of hydrogen-bond donors (Lipinski definition) is 0. The zero-order valence-electron chi connectivity index (χ0n) is 16.2. The number of ether oxygens (including phenoxy) is 2. The van der Waals surface area contributed by atoms with Gasteiger partial charge in [0.2, 0.25) is 0 Å². The molecule has 0 heterocycles. The molecule has 0 radical (unpaired) electrons. The summed E-state index contributed by atoms with van der Waals surface area (Å²) in [4.78, 5) is 11.0. The Bertz CT molecular complexity index is 289. The Hall–Kier alpha value is -0.830. The van der Waals surface area contributed by atoms with E-state index in [-0.39, 0.29) is 5.97 Å². The molecule has 0 bridgehead atoms. The molecule has 0 aliphatic rings. The number of carbonyl (C=O) groups excluding carboxylic acids is 1. The minimum Gasteiger partial charge on any atom is -0.460 e. The fourth-order valence-corrected chi connectivity index (χ4v) is 2.89. The number of esters is 1. The highest BCUT2D eigenvalue weighted by Gasteiger charge is 2.09. The van der Waals surface area contributed by atoms with Crippen molar-refractivity contribution in [2.24, 2.45) is 5.92 Å². The molecule has 0 aromatic carbocycles. The third-order valence-corrected chi connectivity index (χ3v) is 4.42. The van der Waals surface area contributed by atoms with E-state index in [0.717, 1.165) is 6.61 Å². The number of unbranched alkanes of at least 4 members (excludes halogenated alkanes) is 8. The first kappa shape index (κ1) is 23.2. The molecule has 0 fully saturated rings. The molecule has 3 heteroatoms. The molecule has 24 heavy (non-hydrogen) atoms. The van der Waals surface area contributed by atoms with Crippen LogP contribution in [0.4, 0.5) is 0 Å². The van der Waals surface area contributed by atoms with Crippen molar-refractivity contribution in [3.63, 3.8) is 0 Å². The molecule has 0 spiro atoms. The summed E-state index contributed by atoms with van der Waals surface area (Å²) in [5.74, 6) is 0.282. The van der Waals surface area contributed by atoms with Crippen LogP contribution in [0.15, 0.2) is 12.7 Å². The van der Waals surface area contributed by atoms with Crippen LogP contribution in [0.1, 0.15) is 90.9 Å². The average molecular weight is 341 g/mol. The second-order valence-electron chi connectivity index (χ2n) is 6.72. The zero-order valence-corrected chi connectivity index (χ0v) is 16.2. The molecule has 0 saturated heterocycles. The molecule has 142 valence electrons. The third-order valence-electron chi connectivity index (χ3n) is 4.42. The van der Waals surface area contributed by atoms with Gasteiger partial charge in [-0.3, -0.25) is 0 Å². The van der Waals surface area contributed by atoms with Gasteiger partial charge in [0, 0.05) is 12.7 Å². The Labute approximate surface area is 150 Å². The normalized spacial score (nSPS) is 12.1. The van der Waals surface area contributed by atoms with Gasteiger partial charge in [-0.1, -0.05) is 84.6 Å². The predicted octanol–water partition coefficient (Wildman–Crippen LogP) is 6.07. The highest BCUT2D eigenvalue weighted by molar-refractivity contribution is 5.81. The topological polar surface area (TPSA) is 35.5 Å². The summed E-state index contributed by atoms with van der Waals surface area (Å²) in [6.45, 7) is 9.50. The summed E-state index contributed by atoms with van der Waals surface area (Å²) in [5, 5.41) is 0. The number of carbonyl (C=O) groups is 1. The van der Waals surface area contributed by atoms with Gasteiger partial charge in [-0.2, -0.15) is 0 Å². The van der Waals surface area contributed by atoms with E-state index in [1.807, 2.05) is 0 Å². The van der Waals surface area contributed by atoms with Gasteiger partial charge in [-0.05, 0) is 18.8 Å². The fourth-order valence-electron chi connectivity index (χ4n) is 2.89. The van der Waals surface area contributed by atoms with Crippen LogP contribution in [0.3, 0.4) is 0 Å². The molecule has 0 aromatic rings. The van der Waals surface area contributed by atoms with Crippen molar-refractivity contribution in [3.8, 4) is 0 Å². The summed E-state index contributed by atoms with van der Waals surface area (Å²) in [5.41, 5.74) is 0. The summed E-state index contributed by atoms with van der Waals surface area (Å²) < 4.78 is 10.7. The Morgan fingerprint density at radius 2 is 1.42 bits per heavy atom. The van der Waals surface area contributed by atoms with Gasteiger partial charge in [0.25, 0.3) is 0 Å². The van der Waals surface area contributed by atoms with Gasteiger partial charge in [0.05, 0.1) is 6.61 Å². The van der Waals surface area contributed by atoms with Gasteiger partial charge in [-0.25, -0.2) is 4.79 Å². The Kier molecular flexibility index (Phi) is 17.9. The molecule has 0 rings (SSSR count). The Balaban J connectivity index is 3.81. The molecule has 0 aliphatic heterocycles. The van der Waals surface area contributed by atoms with Crippen molar-refractivity contribution in [2.75, 3.05) is 19.8 Å². The molecular formula is C21H40O3. The minimum absolute atomic E-state index is 0.324. The van der Waals surface area contributed by atoms with E-state index in [9.17, 15) is 4.79 Å². The van der Waals surface area contributed by atoms with E-state index < -0.39 is 0 Å². The van der Waals surface area contributed by atoms with Gasteiger partial charge < -0.3 is 9.47 Å². The maximum atomic E-state index is 11.0. The first-order chi connectivity index (χ1) is 11.7. The minimum atomic E-state index is -0.373. The number of hydrogen-bond acceptors (Lipinski definition) is 3. The molecular weight excluding hydrogens is 300 g/mol. The summed E-state index contributed by atoms with van der Waals surface area (Å²) in [6, 6.07) is 0. The summed E-state index contributed by atoms with van der Waals surface area (Å²) in [6.07, 6.45) is 17.1. The lowest BCUT2D eigenvalue weighted by molar-refractivity contribution is -0.139. The summed E-state index contributed by atoms with van der Waals surface area (Å²) in [7, 11) is 0. The summed E-state index contributed by atoms with van der Waals surface area (Å²) >= 11 is 0. The van der Waals surface area contributed by atoms with Crippen LogP contribution in [-0.2, 0) is 14.3 Å². The standard InChI is InChI=1S/C21H40O3/c1-4-7-9-11-12-14-16-20(15-13-10-8-5-2)19-23-17-18-24-21(22)6-3/h6,20H,3-5,7-19H2,1-2H3. The van der Waals surface area contributed by atoms with E-state index in [1.54, 1.807) is 0 Å². The maximum absolute atomic E-state index is 11.0. The van der Waals surface area contributed by atoms with Crippen molar-refractivity contribution < 1.29 is 14.3 Å². The predicted molar refractivity (Wildman–Crippen MR) is 102 cm³/mol. The first-order valence-corrected chi connectivity index (χ1v) is 10.1. The van der Waals surface area contributed by atoms with Gasteiger partial charge >= 0.3 is 5.97 Å². The molecule has 1 atom stereocenters. The Morgan fingerprint density at radius 3 is 2.00 bits per heavy atom. The largest absolute Gasteiger partial charge is 0.460 e. The maximum Gasteiger partial charge on any atom is 0.330 e. The molecule has 0 aliphatic carbocycles. The van der Waals surface area contributed by atoms with Crippen molar-refractivity contribution in [3.05, 3.63) is 12.7 Å².